The van der Waals surface area contributed by atoms with E-state index >= 15 is 0 Å². The minimum atomic E-state index is -0.235. The molecule has 1 saturated heterocycles. The summed E-state index contributed by atoms with van der Waals surface area (Å²) in [4.78, 5) is 19.8. The summed E-state index contributed by atoms with van der Waals surface area (Å²) < 4.78 is 4.76. The maximum absolute atomic E-state index is 11.5. The predicted octanol–water partition coefficient (Wildman–Crippen LogP) is 1.73. The SMILES string of the molecule is CCCCN(C)CCNC(=NC)NC1CCN(C(=O)OC)CC1.I. The number of likely N-dealkylation sites (N-methyl/N-ethyl adjacent to an activating group) is 1. The van der Waals surface area contributed by atoms with E-state index in [1.807, 2.05) is 0 Å². The molecule has 1 aliphatic heterocycles. The average molecular weight is 455 g/mol. The largest absolute Gasteiger partial charge is 0.453 e. The standard InChI is InChI=1S/C16H33N5O2.HI/c1-5-6-10-20(3)13-9-18-15(17-2)19-14-7-11-21(12-8-14)16(22)23-4;/h14H,5-13H2,1-4H3,(H2,17,18,19);1H. The smallest absolute Gasteiger partial charge is 0.409 e. The van der Waals surface area contributed by atoms with E-state index in [1.165, 1.54) is 20.0 Å². The minimum Gasteiger partial charge on any atom is -0.453 e. The summed E-state index contributed by atoms with van der Waals surface area (Å²) in [5.41, 5.74) is 0. The summed E-state index contributed by atoms with van der Waals surface area (Å²) in [7, 11) is 5.37. The number of carbonyl (C=O) groups is 1. The van der Waals surface area contributed by atoms with Crippen molar-refractivity contribution in [3.05, 3.63) is 0 Å². The lowest BCUT2D eigenvalue weighted by Crippen LogP contribution is -2.50. The molecule has 8 heteroatoms. The van der Waals surface area contributed by atoms with Gasteiger partial charge in [0.1, 0.15) is 0 Å². The van der Waals surface area contributed by atoms with Gasteiger partial charge in [0.05, 0.1) is 7.11 Å². The quantitative estimate of drug-likeness (QED) is 0.348. The first-order valence-electron chi connectivity index (χ1n) is 8.59. The molecule has 0 bridgehead atoms. The molecule has 0 radical (unpaired) electrons. The zero-order chi connectivity index (χ0) is 17.1. The lowest BCUT2D eigenvalue weighted by atomic mass is 10.1. The third-order valence-electron chi connectivity index (χ3n) is 4.17. The third-order valence-corrected chi connectivity index (χ3v) is 4.17. The number of nitrogens with zero attached hydrogens (tertiary/aromatic N) is 3. The molecule has 7 nitrogen and oxygen atoms in total. The summed E-state index contributed by atoms with van der Waals surface area (Å²) in [6.45, 7) is 6.67. The number of nitrogens with one attached hydrogen (secondary N) is 2. The van der Waals surface area contributed by atoms with Crippen molar-refractivity contribution < 1.29 is 9.53 Å². The summed E-state index contributed by atoms with van der Waals surface area (Å²) in [6, 6.07) is 0.347. The number of halogens is 1. The van der Waals surface area contributed by atoms with Crippen molar-refractivity contribution in [2.75, 3.05) is 53.9 Å². The van der Waals surface area contributed by atoms with Crippen LogP contribution in [0.15, 0.2) is 4.99 Å². The van der Waals surface area contributed by atoms with Gasteiger partial charge in [-0.05, 0) is 32.9 Å². The van der Waals surface area contributed by atoms with Gasteiger partial charge in [-0.25, -0.2) is 4.79 Å². The first-order chi connectivity index (χ1) is 11.1. The van der Waals surface area contributed by atoms with Gasteiger partial charge >= 0.3 is 6.09 Å². The molecule has 1 amide bonds. The topological polar surface area (TPSA) is 69.2 Å². The van der Waals surface area contributed by atoms with E-state index in [2.05, 4.69) is 34.5 Å². The molecule has 0 spiro atoms. The van der Waals surface area contributed by atoms with Gasteiger partial charge < -0.3 is 25.2 Å². The number of carbonyl (C=O) groups excluding carboxylic acids is 1. The lowest BCUT2D eigenvalue weighted by molar-refractivity contribution is 0.111. The maximum atomic E-state index is 11.5. The van der Waals surface area contributed by atoms with Crippen LogP contribution in [0, 0.1) is 0 Å². The van der Waals surface area contributed by atoms with Crippen molar-refractivity contribution in [2.45, 2.75) is 38.6 Å². The van der Waals surface area contributed by atoms with Crippen molar-refractivity contribution in [2.24, 2.45) is 4.99 Å². The number of ether oxygens (including phenoxy) is 1. The molecule has 0 atom stereocenters. The molecular formula is C16H34IN5O2. The molecule has 0 unspecified atom stereocenters. The Morgan fingerprint density at radius 3 is 2.54 bits per heavy atom. The molecule has 1 rings (SSSR count). The maximum Gasteiger partial charge on any atom is 0.409 e. The molecular weight excluding hydrogens is 421 g/mol. The third kappa shape index (κ3) is 8.91. The summed E-state index contributed by atoms with van der Waals surface area (Å²) in [6.07, 6.45) is 4.05. The van der Waals surface area contributed by atoms with Crippen LogP contribution in [-0.2, 0) is 4.74 Å². The van der Waals surface area contributed by atoms with Gasteiger partial charge in [-0.2, -0.15) is 0 Å². The molecule has 0 aromatic heterocycles. The Morgan fingerprint density at radius 1 is 1.33 bits per heavy atom. The molecule has 1 fully saturated rings. The fraction of sp³-hybridized carbons (Fsp3) is 0.875. The Morgan fingerprint density at radius 2 is 2.00 bits per heavy atom. The lowest BCUT2D eigenvalue weighted by Gasteiger charge is -2.32. The Balaban J connectivity index is 0.00000529. The van der Waals surface area contributed by atoms with Gasteiger partial charge in [0.25, 0.3) is 0 Å². The number of unbranched alkanes of at least 4 members (excludes halogenated alkanes) is 1. The van der Waals surface area contributed by atoms with Crippen LogP contribution in [0.4, 0.5) is 4.79 Å². The predicted molar refractivity (Wildman–Crippen MR) is 109 cm³/mol. The average Bonchev–Trinajstić information content (AvgIpc) is 2.58. The Kier molecular flexibility index (Phi) is 13.1. The summed E-state index contributed by atoms with van der Waals surface area (Å²) in [5, 5.41) is 6.80. The highest BCUT2D eigenvalue weighted by Crippen LogP contribution is 2.11. The van der Waals surface area contributed by atoms with E-state index in [9.17, 15) is 4.79 Å². The minimum absolute atomic E-state index is 0. The number of rotatable bonds is 7. The number of likely N-dealkylation sites (tertiary alicyclic amines) is 1. The van der Waals surface area contributed by atoms with Crippen LogP contribution < -0.4 is 10.6 Å². The van der Waals surface area contributed by atoms with Gasteiger partial charge in [0.2, 0.25) is 0 Å². The normalized spacial score (nSPS) is 15.9. The zero-order valence-electron chi connectivity index (χ0n) is 15.5. The van der Waals surface area contributed by atoms with Gasteiger partial charge in [0, 0.05) is 39.3 Å². The number of aliphatic imine (C=N–C) groups is 1. The first kappa shape index (κ1) is 23.2. The first-order valence-corrected chi connectivity index (χ1v) is 8.59. The number of piperidine rings is 1. The zero-order valence-corrected chi connectivity index (χ0v) is 17.8. The summed E-state index contributed by atoms with van der Waals surface area (Å²) in [5.74, 6) is 0.838. The van der Waals surface area contributed by atoms with Gasteiger partial charge in [-0.15, -0.1) is 24.0 Å². The van der Waals surface area contributed by atoms with Gasteiger partial charge in [-0.3, -0.25) is 4.99 Å². The van der Waals surface area contributed by atoms with Crippen molar-refractivity contribution in [1.29, 1.82) is 0 Å². The number of hydrogen-bond donors (Lipinski definition) is 2. The van der Waals surface area contributed by atoms with Crippen LogP contribution in [0.3, 0.4) is 0 Å². The van der Waals surface area contributed by atoms with E-state index in [0.717, 1.165) is 51.5 Å². The van der Waals surface area contributed by atoms with Crippen LogP contribution in [0.1, 0.15) is 32.6 Å². The van der Waals surface area contributed by atoms with Crippen molar-refractivity contribution in [3.63, 3.8) is 0 Å². The molecule has 142 valence electrons. The second-order valence-electron chi connectivity index (χ2n) is 6.03. The Hall–Kier alpha value is -0.770. The Labute approximate surface area is 163 Å². The molecule has 24 heavy (non-hydrogen) atoms. The molecule has 0 saturated carbocycles. The molecule has 0 aliphatic carbocycles. The number of methoxy groups -OCH3 is 1. The van der Waals surface area contributed by atoms with Crippen LogP contribution in [-0.4, -0.2) is 81.8 Å². The van der Waals surface area contributed by atoms with E-state index in [1.54, 1.807) is 11.9 Å². The van der Waals surface area contributed by atoms with E-state index < -0.39 is 0 Å². The Bertz CT molecular complexity index is 373. The van der Waals surface area contributed by atoms with Gasteiger partial charge in [0.15, 0.2) is 5.96 Å². The molecule has 0 aromatic carbocycles. The van der Waals surface area contributed by atoms with Crippen LogP contribution in [0.25, 0.3) is 0 Å². The van der Waals surface area contributed by atoms with E-state index in [4.69, 9.17) is 4.74 Å². The number of amides is 1. The fourth-order valence-corrected chi connectivity index (χ4v) is 2.63. The van der Waals surface area contributed by atoms with E-state index in [-0.39, 0.29) is 30.1 Å². The fourth-order valence-electron chi connectivity index (χ4n) is 2.63. The van der Waals surface area contributed by atoms with Gasteiger partial charge in [-0.1, -0.05) is 13.3 Å². The molecule has 0 aromatic rings. The van der Waals surface area contributed by atoms with E-state index in [0.29, 0.717) is 6.04 Å². The molecule has 1 heterocycles. The van der Waals surface area contributed by atoms with Crippen molar-refractivity contribution >= 4 is 36.0 Å². The summed E-state index contributed by atoms with van der Waals surface area (Å²) >= 11 is 0. The van der Waals surface area contributed by atoms with Crippen LogP contribution in [0.5, 0.6) is 0 Å². The van der Waals surface area contributed by atoms with Crippen molar-refractivity contribution in [3.8, 4) is 0 Å². The highest BCUT2D eigenvalue weighted by atomic mass is 127. The second kappa shape index (κ2) is 13.5. The molecule has 1 aliphatic rings. The van der Waals surface area contributed by atoms with Crippen LogP contribution in [0.2, 0.25) is 0 Å². The molecule has 2 N–H and O–H groups in total. The monoisotopic (exact) mass is 455 g/mol. The van der Waals surface area contributed by atoms with Crippen molar-refractivity contribution in [1.82, 2.24) is 20.4 Å². The second-order valence-corrected chi connectivity index (χ2v) is 6.03. The highest BCUT2D eigenvalue weighted by Gasteiger charge is 2.23. The van der Waals surface area contributed by atoms with Crippen LogP contribution >= 0.6 is 24.0 Å². The number of guanidine groups is 1. The number of hydrogen-bond acceptors (Lipinski definition) is 4. The highest BCUT2D eigenvalue weighted by molar-refractivity contribution is 14.0.